The highest BCUT2D eigenvalue weighted by Crippen LogP contribution is 2.39. The second-order valence-electron chi connectivity index (χ2n) is 7.43. The maximum Gasteiger partial charge on any atom is 0.243 e. The van der Waals surface area contributed by atoms with E-state index in [1.807, 2.05) is 12.1 Å². The van der Waals surface area contributed by atoms with Gasteiger partial charge in [-0.2, -0.15) is 4.80 Å². The molecule has 0 saturated heterocycles. The van der Waals surface area contributed by atoms with E-state index in [1.54, 1.807) is 12.1 Å². The third-order valence-corrected chi connectivity index (χ3v) is 5.80. The van der Waals surface area contributed by atoms with Gasteiger partial charge in [-0.25, -0.2) is 0 Å². The molecule has 1 amide bonds. The van der Waals surface area contributed by atoms with Crippen molar-refractivity contribution in [2.24, 2.45) is 17.6 Å². The Hall–Kier alpha value is -1.99. The first kappa shape index (κ1) is 17.4. The van der Waals surface area contributed by atoms with E-state index in [1.165, 1.54) is 11.2 Å². The van der Waals surface area contributed by atoms with E-state index >= 15 is 0 Å². The van der Waals surface area contributed by atoms with Crippen molar-refractivity contribution in [1.82, 2.24) is 25.5 Å². The highest BCUT2D eigenvalue weighted by Gasteiger charge is 2.39. The minimum Gasteiger partial charge on any atom is -0.351 e. The number of amides is 1. The van der Waals surface area contributed by atoms with Gasteiger partial charge in [-0.05, 0) is 67.0 Å². The molecule has 2 aliphatic carbocycles. The molecule has 138 valence electrons. The Morgan fingerprint density at radius 3 is 2.62 bits per heavy atom. The molecule has 2 aromatic rings. The van der Waals surface area contributed by atoms with E-state index in [0.717, 1.165) is 31.2 Å². The fourth-order valence-electron chi connectivity index (χ4n) is 4.41. The fourth-order valence-corrected chi connectivity index (χ4v) is 4.54. The van der Waals surface area contributed by atoms with Gasteiger partial charge in [-0.15, -0.1) is 10.2 Å². The first-order valence-electron chi connectivity index (χ1n) is 9.17. The summed E-state index contributed by atoms with van der Waals surface area (Å²) in [6, 6.07) is 7.72. The van der Waals surface area contributed by atoms with Gasteiger partial charge in [0.15, 0.2) is 0 Å². The third kappa shape index (κ3) is 3.73. The van der Waals surface area contributed by atoms with Crippen LogP contribution in [0.3, 0.4) is 0 Å². The maximum atomic E-state index is 12.5. The monoisotopic (exact) mass is 374 g/mol. The molecule has 4 rings (SSSR count). The standard InChI is InChI=1S/C18H23ClN6O/c19-14-6-4-11(5-7-14)18-22-24-25(23-18)10-16(26)21-17-12-2-1-3-13(17)9-15(20)8-12/h4-7,12-13,15,17H,1-3,8-10,20H2,(H,21,26). The minimum atomic E-state index is -0.0672. The van der Waals surface area contributed by atoms with Crippen LogP contribution in [0.4, 0.5) is 0 Å². The quantitative estimate of drug-likeness (QED) is 0.852. The summed E-state index contributed by atoms with van der Waals surface area (Å²) in [6.45, 7) is 0.0720. The summed E-state index contributed by atoms with van der Waals surface area (Å²) in [5.41, 5.74) is 6.97. The van der Waals surface area contributed by atoms with Gasteiger partial charge in [0.2, 0.25) is 11.7 Å². The van der Waals surface area contributed by atoms with Crippen LogP contribution in [-0.4, -0.2) is 38.2 Å². The maximum absolute atomic E-state index is 12.5. The van der Waals surface area contributed by atoms with Crippen molar-refractivity contribution < 1.29 is 4.79 Å². The molecule has 3 N–H and O–H groups in total. The molecule has 2 saturated carbocycles. The van der Waals surface area contributed by atoms with Crippen LogP contribution >= 0.6 is 11.6 Å². The van der Waals surface area contributed by atoms with Crippen LogP contribution in [0.5, 0.6) is 0 Å². The van der Waals surface area contributed by atoms with Gasteiger partial charge in [-0.3, -0.25) is 4.79 Å². The number of benzene rings is 1. The molecule has 2 unspecified atom stereocenters. The average Bonchev–Trinajstić information content (AvgIpc) is 3.04. The molecule has 0 spiro atoms. The number of tetrazole rings is 1. The first-order valence-corrected chi connectivity index (χ1v) is 9.55. The lowest BCUT2D eigenvalue weighted by Crippen LogP contribution is -2.54. The number of hydrogen-bond donors (Lipinski definition) is 2. The molecule has 1 heterocycles. The van der Waals surface area contributed by atoms with Crippen LogP contribution in [0, 0.1) is 11.8 Å². The molecule has 2 fully saturated rings. The third-order valence-electron chi connectivity index (χ3n) is 5.54. The van der Waals surface area contributed by atoms with Crippen LogP contribution in [0.15, 0.2) is 24.3 Å². The summed E-state index contributed by atoms with van der Waals surface area (Å²) in [4.78, 5) is 13.8. The Bertz CT molecular complexity index is 762. The number of rotatable bonds is 4. The zero-order valence-electron chi connectivity index (χ0n) is 14.5. The minimum absolute atomic E-state index is 0.0672. The fraction of sp³-hybridized carbons (Fsp3) is 0.556. The summed E-state index contributed by atoms with van der Waals surface area (Å²) >= 11 is 5.89. The molecular formula is C18H23ClN6O. The Balaban J connectivity index is 1.39. The van der Waals surface area contributed by atoms with Gasteiger partial charge in [0.25, 0.3) is 0 Å². The summed E-state index contributed by atoms with van der Waals surface area (Å²) in [6.07, 6.45) is 5.55. The second kappa shape index (κ2) is 7.32. The van der Waals surface area contributed by atoms with Gasteiger partial charge in [0.05, 0.1) is 0 Å². The topological polar surface area (TPSA) is 98.7 Å². The zero-order valence-corrected chi connectivity index (χ0v) is 15.3. The Morgan fingerprint density at radius 2 is 1.92 bits per heavy atom. The Kier molecular flexibility index (Phi) is 4.91. The second-order valence-corrected chi connectivity index (χ2v) is 7.86. The van der Waals surface area contributed by atoms with Crippen molar-refractivity contribution in [1.29, 1.82) is 0 Å². The molecule has 2 aliphatic rings. The van der Waals surface area contributed by atoms with Crippen LogP contribution in [0.25, 0.3) is 11.4 Å². The molecule has 1 aromatic heterocycles. The zero-order chi connectivity index (χ0) is 18.1. The van der Waals surface area contributed by atoms with Crippen molar-refractivity contribution in [2.75, 3.05) is 0 Å². The van der Waals surface area contributed by atoms with E-state index < -0.39 is 0 Å². The van der Waals surface area contributed by atoms with E-state index in [-0.39, 0.29) is 24.5 Å². The van der Waals surface area contributed by atoms with Gasteiger partial charge in [0, 0.05) is 22.7 Å². The van der Waals surface area contributed by atoms with Crippen molar-refractivity contribution in [3.63, 3.8) is 0 Å². The lowest BCUT2D eigenvalue weighted by molar-refractivity contribution is -0.124. The summed E-state index contributed by atoms with van der Waals surface area (Å²) in [7, 11) is 0. The smallest absolute Gasteiger partial charge is 0.243 e. The summed E-state index contributed by atoms with van der Waals surface area (Å²) in [5, 5.41) is 16.2. The predicted octanol–water partition coefficient (Wildman–Crippen LogP) is 2.02. The highest BCUT2D eigenvalue weighted by molar-refractivity contribution is 6.30. The van der Waals surface area contributed by atoms with Gasteiger partial charge in [0.1, 0.15) is 6.54 Å². The van der Waals surface area contributed by atoms with Crippen LogP contribution < -0.4 is 11.1 Å². The van der Waals surface area contributed by atoms with Crippen molar-refractivity contribution in [3.8, 4) is 11.4 Å². The summed E-state index contributed by atoms with van der Waals surface area (Å²) in [5.74, 6) is 1.40. The first-order chi connectivity index (χ1) is 12.6. The van der Waals surface area contributed by atoms with Gasteiger partial charge >= 0.3 is 0 Å². The van der Waals surface area contributed by atoms with Gasteiger partial charge < -0.3 is 11.1 Å². The largest absolute Gasteiger partial charge is 0.351 e. The number of aromatic nitrogens is 4. The number of carbonyl (C=O) groups is 1. The molecule has 0 aliphatic heterocycles. The molecule has 7 nitrogen and oxygen atoms in total. The number of nitrogens with two attached hydrogens (primary N) is 1. The van der Waals surface area contributed by atoms with E-state index in [2.05, 4.69) is 20.7 Å². The molecular weight excluding hydrogens is 352 g/mol. The molecule has 2 bridgehead atoms. The van der Waals surface area contributed by atoms with Crippen molar-refractivity contribution in [3.05, 3.63) is 29.3 Å². The number of hydrogen-bond acceptors (Lipinski definition) is 5. The predicted molar refractivity (Wildman–Crippen MR) is 98.2 cm³/mol. The average molecular weight is 375 g/mol. The molecule has 8 heteroatoms. The van der Waals surface area contributed by atoms with Crippen LogP contribution in [0.1, 0.15) is 32.1 Å². The molecule has 0 radical (unpaired) electrons. The Morgan fingerprint density at radius 1 is 1.23 bits per heavy atom. The van der Waals surface area contributed by atoms with Crippen LogP contribution in [-0.2, 0) is 11.3 Å². The lowest BCUT2D eigenvalue weighted by Gasteiger charge is -2.45. The van der Waals surface area contributed by atoms with Crippen molar-refractivity contribution >= 4 is 17.5 Å². The SMILES string of the molecule is NC1CC2CCCC(C1)C2NC(=O)Cn1nnc(-c2ccc(Cl)cc2)n1. The molecule has 1 aromatic carbocycles. The Labute approximate surface area is 157 Å². The molecule has 26 heavy (non-hydrogen) atoms. The lowest BCUT2D eigenvalue weighted by atomic mass is 9.67. The summed E-state index contributed by atoms with van der Waals surface area (Å²) < 4.78 is 0. The number of nitrogens with one attached hydrogen (secondary N) is 1. The van der Waals surface area contributed by atoms with E-state index in [4.69, 9.17) is 17.3 Å². The van der Waals surface area contributed by atoms with Crippen molar-refractivity contribution in [2.45, 2.75) is 50.7 Å². The number of fused-ring (bicyclic) bond motifs is 2. The number of halogens is 1. The molecule has 2 atom stereocenters. The van der Waals surface area contributed by atoms with E-state index in [0.29, 0.717) is 22.7 Å². The number of carbonyl (C=O) groups excluding carboxylic acids is 1. The van der Waals surface area contributed by atoms with E-state index in [9.17, 15) is 4.79 Å². The normalized spacial score (nSPS) is 27.9. The highest BCUT2D eigenvalue weighted by atomic mass is 35.5. The van der Waals surface area contributed by atoms with Gasteiger partial charge in [-0.1, -0.05) is 18.0 Å². The van der Waals surface area contributed by atoms with Crippen LogP contribution in [0.2, 0.25) is 5.02 Å². The number of nitrogens with zero attached hydrogens (tertiary/aromatic N) is 4.